The lowest BCUT2D eigenvalue weighted by Crippen LogP contribution is -2.34. The number of benzene rings is 1. The molecule has 7 nitrogen and oxygen atoms in total. The van der Waals surface area contributed by atoms with E-state index >= 15 is 0 Å². The summed E-state index contributed by atoms with van der Waals surface area (Å²) >= 11 is 0. The van der Waals surface area contributed by atoms with E-state index in [1.54, 1.807) is 0 Å². The van der Waals surface area contributed by atoms with Crippen LogP contribution >= 0.6 is 0 Å². The summed E-state index contributed by atoms with van der Waals surface area (Å²) in [6.07, 6.45) is 7.44. The number of amides is 2. The zero-order valence-electron chi connectivity index (χ0n) is 14.4. The van der Waals surface area contributed by atoms with E-state index in [2.05, 4.69) is 16.1 Å². The molecule has 4 rings (SSSR count). The van der Waals surface area contributed by atoms with E-state index in [1.807, 2.05) is 0 Å². The second-order valence-corrected chi connectivity index (χ2v) is 8.54. The molecule has 1 unspecified atom stereocenters. The first kappa shape index (κ1) is 17.1. The van der Waals surface area contributed by atoms with Crippen LogP contribution in [-0.4, -0.2) is 10.2 Å². The van der Waals surface area contributed by atoms with Crippen LogP contribution in [0, 0.1) is 4.78 Å². The van der Waals surface area contributed by atoms with E-state index in [9.17, 15) is 9.00 Å². The van der Waals surface area contributed by atoms with Gasteiger partial charge in [-0.05, 0) is 60.8 Å². The number of anilines is 1. The number of carbonyl (C=O) groups is 1. The summed E-state index contributed by atoms with van der Waals surface area (Å²) in [7, 11) is -3.58. The Morgan fingerprint density at radius 3 is 2.38 bits per heavy atom. The van der Waals surface area contributed by atoms with Gasteiger partial charge in [0.1, 0.15) is 0 Å². The number of hydrogen-bond acceptors (Lipinski definition) is 5. The van der Waals surface area contributed by atoms with E-state index in [4.69, 9.17) is 14.9 Å². The molecule has 5 N–H and O–H groups in total. The monoisotopic (exact) mass is 374 g/mol. The molecule has 0 saturated carbocycles. The Hall–Kier alpha value is -2.32. The van der Waals surface area contributed by atoms with E-state index in [-0.39, 0.29) is 11.6 Å². The van der Waals surface area contributed by atoms with Crippen molar-refractivity contribution >= 4 is 21.6 Å². The van der Waals surface area contributed by atoms with Gasteiger partial charge < -0.3 is 15.5 Å². The molecule has 26 heavy (non-hydrogen) atoms. The maximum atomic E-state index is 12.5. The van der Waals surface area contributed by atoms with E-state index < -0.39 is 15.9 Å². The van der Waals surface area contributed by atoms with Crippen LogP contribution in [0.5, 0.6) is 0 Å². The predicted octanol–water partition coefficient (Wildman–Crippen LogP) is 2.86. The van der Waals surface area contributed by atoms with Crippen LogP contribution in [-0.2, 0) is 42.1 Å². The number of urea groups is 1. The Balaban J connectivity index is 1.58. The number of furan rings is 1. The molecule has 2 aliphatic carbocycles. The summed E-state index contributed by atoms with van der Waals surface area (Å²) in [5.41, 5.74) is 11.9. The molecule has 1 atom stereocenters. The van der Waals surface area contributed by atoms with Crippen LogP contribution in [0.25, 0.3) is 0 Å². The number of aryl methyl sites for hydroxylation is 2. The normalized spacial score (nSPS) is 17.4. The van der Waals surface area contributed by atoms with Crippen molar-refractivity contribution in [2.45, 2.75) is 50.2 Å². The van der Waals surface area contributed by atoms with Gasteiger partial charge in [0.25, 0.3) is 0 Å². The van der Waals surface area contributed by atoms with E-state index in [1.165, 1.54) is 34.6 Å². The molecule has 0 spiro atoms. The summed E-state index contributed by atoms with van der Waals surface area (Å²) in [4.78, 5) is 12.5. The minimum atomic E-state index is -3.58. The van der Waals surface area contributed by atoms with Crippen molar-refractivity contribution in [1.82, 2.24) is 4.72 Å². The highest BCUT2D eigenvalue weighted by molar-refractivity contribution is 7.91. The first-order valence-electron chi connectivity index (χ1n) is 8.79. The van der Waals surface area contributed by atoms with Crippen molar-refractivity contribution in [3.63, 3.8) is 0 Å². The lowest BCUT2D eigenvalue weighted by Gasteiger charge is -2.16. The fourth-order valence-corrected chi connectivity index (χ4v) is 4.81. The molecule has 0 aliphatic heterocycles. The van der Waals surface area contributed by atoms with Gasteiger partial charge >= 0.3 is 6.03 Å². The van der Waals surface area contributed by atoms with Crippen LogP contribution < -0.4 is 15.8 Å². The van der Waals surface area contributed by atoms with Gasteiger partial charge in [0.15, 0.2) is 9.92 Å². The van der Waals surface area contributed by atoms with Crippen molar-refractivity contribution < 1.29 is 13.4 Å². The van der Waals surface area contributed by atoms with Gasteiger partial charge in [0.05, 0.1) is 6.26 Å². The molecule has 1 aromatic heterocycles. The van der Waals surface area contributed by atoms with Crippen LogP contribution in [0.3, 0.4) is 0 Å². The molecule has 2 amide bonds. The second kappa shape index (κ2) is 6.44. The molecular weight excluding hydrogens is 352 g/mol. The Kier molecular flexibility index (Phi) is 4.24. The summed E-state index contributed by atoms with van der Waals surface area (Å²) in [5, 5.41) is 2.77. The van der Waals surface area contributed by atoms with Crippen molar-refractivity contribution in [1.29, 1.82) is 4.78 Å². The number of fused-ring (bicyclic) bond motifs is 2. The second-order valence-electron chi connectivity index (χ2n) is 6.82. The van der Waals surface area contributed by atoms with Crippen LogP contribution in [0.2, 0.25) is 0 Å². The van der Waals surface area contributed by atoms with Crippen molar-refractivity contribution in [2.24, 2.45) is 5.73 Å². The average molecular weight is 374 g/mol. The van der Waals surface area contributed by atoms with Gasteiger partial charge in [-0.25, -0.2) is 18.5 Å². The molecular formula is C18H22N4O3S. The standard InChI is InChI=1S/C18H22N4O3S/c19-9-11-7-16(25-10-11)26(20,24)22-18(23)21-17-14-5-1-3-12(14)8-13-4-2-6-15(13)17/h7-8,10H,1-6,9,19H2,(H3,20,21,22,23,24). The maximum absolute atomic E-state index is 12.5. The van der Waals surface area contributed by atoms with Crippen molar-refractivity contribution in [3.8, 4) is 0 Å². The van der Waals surface area contributed by atoms with E-state index in [0.29, 0.717) is 5.56 Å². The number of carbonyl (C=O) groups excluding carboxylic acids is 1. The third-order valence-corrected chi connectivity index (χ3v) is 6.35. The molecule has 2 aromatic rings. The largest absolute Gasteiger partial charge is 0.452 e. The lowest BCUT2D eigenvalue weighted by molar-refractivity contribution is 0.256. The minimum absolute atomic E-state index is 0.100. The lowest BCUT2D eigenvalue weighted by atomic mass is 9.99. The first-order chi connectivity index (χ1) is 12.5. The van der Waals surface area contributed by atoms with Crippen molar-refractivity contribution in [2.75, 3.05) is 5.32 Å². The molecule has 138 valence electrons. The molecule has 1 heterocycles. The highest BCUT2D eigenvalue weighted by Crippen LogP contribution is 2.38. The molecule has 8 heteroatoms. The Labute approximate surface area is 152 Å². The minimum Gasteiger partial charge on any atom is -0.452 e. The van der Waals surface area contributed by atoms with Crippen LogP contribution in [0.1, 0.15) is 40.7 Å². The number of rotatable bonds is 4. The van der Waals surface area contributed by atoms with Gasteiger partial charge in [-0.15, -0.1) is 0 Å². The van der Waals surface area contributed by atoms with Gasteiger partial charge in [-0.2, -0.15) is 0 Å². The van der Waals surface area contributed by atoms with E-state index in [0.717, 1.165) is 44.2 Å². The van der Waals surface area contributed by atoms with Gasteiger partial charge in [0, 0.05) is 23.9 Å². The molecule has 0 radical (unpaired) electrons. The number of hydrogen-bond donors (Lipinski definition) is 4. The predicted molar refractivity (Wildman–Crippen MR) is 98.4 cm³/mol. The average Bonchev–Trinajstić information content (AvgIpc) is 3.33. The smallest absolute Gasteiger partial charge is 0.332 e. The quantitative estimate of drug-likeness (QED) is 0.657. The number of nitrogens with one attached hydrogen (secondary N) is 3. The fraction of sp³-hybridized carbons (Fsp3) is 0.389. The molecule has 0 saturated heterocycles. The molecule has 0 bridgehead atoms. The molecule has 1 aromatic carbocycles. The third-order valence-electron chi connectivity index (χ3n) is 5.10. The van der Waals surface area contributed by atoms with Gasteiger partial charge in [-0.1, -0.05) is 6.07 Å². The Morgan fingerprint density at radius 1 is 1.15 bits per heavy atom. The summed E-state index contributed by atoms with van der Waals surface area (Å²) in [5.74, 6) is 0. The molecule has 2 aliphatic rings. The zero-order valence-corrected chi connectivity index (χ0v) is 15.2. The van der Waals surface area contributed by atoms with Gasteiger partial charge in [0.2, 0.25) is 5.09 Å². The molecule has 0 fully saturated rings. The van der Waals surface area contributed by atoms with Crippen LogP contribution in [0.15, 0.2) is 27.9 Å². The Bertz CT molecular complexity index is 946. The zero-order chi connectivity index (χ0) is 18.3. The third kappa shape index (κ3) is 2.99. The summed E-state index contributed by atoms with van der Waals surface area (Å²) < 4.78 is 27.9. The SMILES string of the molecule is N=S(=O)(NC(=O)Nc1c2c(cc3c1CCC3)CCC2)c1cc(CN)co1. The maximum Gasteiger partial charge on any atom is 0.332 e. The number of nitrogens with two attached hydrogens (primary N) is 1. The Morgan fingerprint density at radius 2 is 1.81 bits per heavy atom. The van der Waals surface area contributed by atoms with Crippen LogP contribution in [0.4, 0.5) is 10.5 Å². The summed E-state index contributed by atoms with van der Waals surface area (Å²) in [6.45, 7) is 0.216. The van der Waals surface area contributed by atoms with Crippen molar-refractivity contribution in [3.05, 3.63) is 46.2 Å². The highest BCUT2D eigenvalue weighted by Gasteiger charge is 2.26. The topological polar surface area (TPSA) is 121 Å². The van der Waals surface area contributed by atoms with Gasteiger partial charge in [-0.3, -0.25) is 0 Å². The highest BCUT2D eigenvalue weighted by atomic mass is 32.2. The summed E-state index contributed by atoms with van der Waals surface area (Å²) in [6, 6.07) is 3.07. The first-order valence-corrected chi connectivity index (χ1v) is 10.4. The fourth-order valence-electron chi connectivity index (χ4n) is 3.90.